The summed E-state index contributed by atoms with van der Waals surface area (Å²) in [5.74, 6) is -0.585. The minimum atomic E-state index is -0.534. The Morgan fingerprint density at radius 3 is 2.89 bits per heavy atom. The molecule has 1 aliphatic rings. The Morgan fingerprint density at radius 2 is 2.11 bits per heavy atom. The average molecular weight is 252 g/mol. The lowest BCUT2D eigenvalue weighted by molar-refractivity contribution is -0.115. The normalized spacial score (nSPS) is 12.7. The summed E-state index contributed by atoms with van der Waals surface area (Å²) in [5, 5.41) is 11.6. The van der Waals surface area contributed by atoms with Gasteiger partial charge < -0.3 is 5.32 Å². The van der Waals surface area contributed by atoms with Crippen molar-refractivity contribution in [2.45, 2.75) is 6.42 Å². The van der Waals surface area contributed by atoms with Crippen molar-refractivity contribution in [3.8, 4) is 17.2 Å². The number of carbonyl (C=O) groups is 1. The third-order valence-electron chi connectivity index (χ3n) is 3.19. The van der Waals surface area contributed by atoms with Crippen LogP contribution < -0.4 is 5.32 Å². The number of nitrogens with one attached hydrogen (secondary N) is 1. The summed E-state index contributed by atoms with van der Waals surface area (Å²) in [5.41, 5.74) is 3.28. The fraction of sp³-hybridized carbons (Fsp3) is 0.0667. The third-order valence-corrected chi connectivity index (χ3v) is 3.19. The van der Waals surface area contributed by atoms with Crippen LogP contribution in [0.25, 0.3) is 11.1 Å². The standard InChI is InChI=1S/C15H9FN2O/c16-13-5-4-9(6-10(13)8-17)11-2-1-3-14-12(11)7-15(19)18-14/h1-6H,7H2,(H,18,19). The second-order valence-corrected chi connectivity index (χ2v) is 4.36. The largest absolute Gasteiger partial charge is 0.326 e. The summed E-state index contributed by atoms with van der Waals surface area (Å²) < 4.78 is 13.3. The number of fused-ring (bicyclic) bond motifs is 1. The highest BCUT2D eigenvalue weighted by Gasteiger charge is 2.21. The quantitative estimate of drug-likeness (QED) is 0.848. The van der Waals surface area contributed by atoms with Gasteiger partial charge in [0.25, 0.3) is 0 Å². The highest BCUT2D eigenvalue weighted by atomic mass is 19.1. The van der Waals surface area contributed by atoms with Gasteiger partial charge in [0, 0.05) is 5.69 Å². The molecule has 2 aromatic carbocycles. The fourth-order valence-corrected chi connectivity index (χ4v) is 2.30. The van der Waals surface area contributed by atoms with Gasteiger partial charge in [-0.05, 0) is 34.9 Å². The van der Waals surface area contributed by atoms with E-state index in [1.54, 1.807) is 6.07 Å². The maximum atomic E-state index is 13.3. The molecule has 0 fully saturated rings. The molecule has 0 aromatic heterocycles. The first kappa shape index (κ1) is 11.4. The van der Waals surface area contributed by atoms with Gasteiger partial charge in [-0.2, -0.15) is 5.26 Å². The van der Waals surface area contributed by atoms with Crippen LogP contribution in [0.2, 0.25) is 0 Å². The lowest BCUT2D eigenvalue weighted by atomic mass is 9.96. The van der Waals surface area contributed by atoms with Crippen molar-refractivity contribution < 1.29 is 9.18 Å². The molecule has 1 N–H and O–H groups in total. The minimum absolute atomic E-state index is 0.00684. The van der Waals surface area contributed by atoms with Gasteiger partial charge in [0.1, 0.15) is 11.9 Å². The molecule has 1 aliphatic heterocycles. The number of hydrogen-bond donors (Lipinski definition) is 1. The van der Waals surface area contributed by atoms with Crippen molar-refractivity contribution >= 4 is 11.6 Å². The number of amides is 1. The van der Waals surface area contributed by atoms with E-state index in [9.17, 15) is 9.18 Å². The van der Waals surface area contributed by atoms with Crippen LogP contribution in [0.1, 0.15) is 11.1 Å². The molecule has 2 aromatic rings. The topological polar surface area (TPSA) is 52.9 Å². The Labute approximate surface area is 109 Å². The molecule has 1 amide bonds. The predicted molar refractivity (Wildman–Crippen MR) is 68.9 cm³/mol. The van der Waals surface area contributed by atoms with Crippen LogP contribution in [0, 0.1) is 17.1 Å². The Kier molecular flexibility index (Phi) is 2.53. The fourth-order valence-electron chi connectivity index (χ4n) is 2.30. The van der Waals surface area contributed by atoms with Crippen molar-refractivity contribution in [2.24, 2.45) is 0 Å². The van der Waals surface area contributed by atoms with Gasteiger partial charge in [0.2, 0.25) is 5.91 Å². The molecule has 3 nitrogen and oxygen atoms in total. The zero-order valence-electron chi connectivity index (χ0n) is 9.90. The molecule has 0 saturated heterocycles. The first-order chi connectivity index (χ1) is 9.19. The molecule has 1 heterocycles. The molecule has 0 aliphatic carbocycles. The van der Waals surface area contributed by atoms with E-state index in [1.807, 2.05) is 24.3 Å². The van der Waals surface area contributed by atoms with E-state index in [0.717, 1.165) is 22.4 Å². The summed E-state index contributed by atoms with van der Waals surface area (Å²) in [6.45, 7) is 0. The van der Waals surface area contributed by atoms with Crippen molar-refractivity contribution in [1.82, 2.24) is 0 Å². The van der Waals surface area contributed by atoms with E-state index in [2.05, 4.69) is 5.32 Å². The van der Waals surface area contributed by atoms with E-state index >= 15 is 0 Å². The highest BCUT2D eigenvalue weighted by Crippen LogP contribution is 2.33. The van der Waals surface area contributed by atoms with E-state index in [4.69, 9.17) is 5.26 Å². The molecular weight excluding hydrogens is 243 g/mol. The van der Waals surface area contributed by atoms with Gasteiger partial charge in [0.15, 0.2) is 0 Å². The van der Waals surface area contributed by atoms with Gasteiger partial charge in [0.05, 0.1) is 12.0 Å². The second kappa shape index (κ2) is 4.21. The number of carbonyl (C=O) groups excluding carboxylic acids is 1. The Hall–Kier alpha value is -2.67. The van der Waals surface area contributed by atoms with Crippen LogP contribution in [0.4, 0.5) is 10.1 Å². The zero-order valence-corrected chi connectivity index (χ0v) is 9.90. The van der Waals surface area contributed by atoms with Gasteiger partial charge in [-0.3, -0.25) is 4.79 Å². The lowest BCUT2D eigenvalue weighted by Crippen LogP contribution is -2.03. The average Bonchev–Trinajstić information content (AvgIpc) is 2.79. The lowest BCUT2D eigenvalue weighted by Gasteiger charge is -2.08. The number of nitriles is 1. The number of hydrogen-bond acceptors (Lipinski definition) is 2. The predicted octanol–water partition coefficient (Wildman–Crippen LogP) is 2.86. The Bertz CT molecular complexity index is 731. The molecule has 0 spiro atoms. The van der Waals surface area contributed by atoms with E-state index in [1.165, 1.54) is 12.1 Å². The molecule has 19 heavy (non-hydrogen) atoms. The summed E-state index contributed by atoms with van der Waals surface area (Å²) >= 11 is 0. The van der Waals surface area contributed by atoms with Crippen LogP contribution in [0.5, 0.6) is 0 Å². The molecule has 92 valence electrons. The molecule has 0 radical (unpaired) electrons. The van der Waals surface area contributed by atoms with Crippen molar-refractivity contribution in [2.75, 3.05) is 5.32 Å². The first-order valence-electron chi connectivity index (χ1n) is 5.81. The SMILES string of the molecule is N#Cc1cc(-c2cccc3c2CC(=O)N3)ccc1F. The first-order valence-corrected chi connectivity index (χ1v) is 5.81. The third kappa shape index (κ3) is 1.85. The van der Waals surface area contributed by atoms with Crippen LogP contribution in [0.3, 0.4) is 0 Å². The zero-order chi connectivity index (χ0) is 13.4. The van der Waals surface area contributed by atoms with Crippen molar-refractivity contribution in [3.05, 3.63) is 53.3 Å². The molecular formula is C15H9FN2O. The number of rotatable bonds is 1. The van der Waals surface area contributed by atoms with E-state index in [0.29, 0.717) is 6.42 Å². The van der Waals surface area contributed by atoms with Crippen LogP contribution in [-0.2, 0) is 11.2 Å². The highest BCUT2D eigenvalue weighted by molar-refractivity contribution is 6.01. The van der Waals surface area contributed by atoms with Crippen LogP contribution in [-0.4, -0.2) is 5.91 Å². The number of benzene rings is 2. The molecule has 0 saturated carbocycles. The monoisotopic (exact) mass is 252 g/mol. The molecule has 3 rings (SSSR count). The smallest absolute Gasteiger partial charge is 0.228 e. The summed E-state index contributed by atoms with van der Waals surface area (Å²) in [4.78, 5) is 11.4. The number of nitrogens with zero attached hydrogens (tertiary/aromatic N) is 1. The van der Waals surface area contributed by atoms with Gasteiger partial charge in [-0.15, -0.1) is 0 Å². The molecule has 0 atom stereocenters. The molecule has 0 unspecified atom stereocenters. The van der Waals surface area contributed by atoms with Crippen LogP contribution in [0.15, 0.2) is 36.4 Å². The second-order valence-electron chi connectivity index (χ2n) is 4.36. The Morgan fingerprint density at radius 1 is 1.26 bits per heavy atom. The maximum Gasteiger partial charge on any atom is 0.228 e. The van der Waals surface area contributed by atoms with Crippen molar-refractivity contribution in [3.63, 3.8) is 0 Å². The number of anilines is 1. The molecule has 4 heteroatoms. The van der Waals surface area contributed by atoms with E-state index < -0.39 is 5.82 Å². The molecule has 0 bridgehead atoms. The van der Waals surface area contributed by atoms with Gasteiger partial charge in [-0.1, -0.05) is 18.2 Å². The summed E-state index contributed by atoms with van der Waals surface area (Å²) in [6.07, 6.45) is 0.310. The van der Waals surface area contributed by atoms with Gasteiger partial charge >= 0.3 is 0 Å². The summed E-state index contributed by atoms with van der Waals surface area (Å²) in [7, 11) is 0. The Balaban J connectivity index is 2.17. The van der Waals surface area contributed by atoms with Crippen LogP contribution >= 0.6 is 0 Å². The number of halogens is 1. The minimum Gasteiger partial charge on any atom is -0.326 e. The van der Waals surface area contributed by atoms with E-state index in [-0.39, 0.29) is 11.5 Å². The summed E-state index contributed by atoms with van der Waals surface area (Å²) in [6, 6.07) is 11.8. The van der Waals surface area contributed by atoms with Crippen molar-refractivity contribution in [1.29, 1.82) is 5.26 Å². The van der Waals surface area contributed by atoms with Gasteiger partial charge in [-0.25, -0.2) is 4.39 Å². The maximum absolute atomic E-state index is 13.3.